The zero-order chi connectivity index (χ0) is 19.3. The first-order valence-electron chi connectivity index (χ1n) is 9.57. The molecule has 1 aliphatic rings. The Kier molecular flexibility index (Phi) is 5.32. The van der Waals surface area contributed by atoms with E-state index in [9.17, 15) is 4.79 Å². The van der Waals surface area contributed by atoms with Crippen LogP contribution in [0.1, 0.15) is 24.0 Å². The van der Waals surface area contributed by atoms with Gasteiger partial charge in [-0.05, 0) is 49.1 Å². The van der Waals surface area contributed by atoms with Crippen molar-refractivity contribution in [3.05, 3.63) is 66.4 Å². The van der Waals surface area contributed by atoms with Crippen molar-refractivity contribution in [2.45, 2.75) is 26.3 Å². The van der Waals surface area contributed by atoms with Crippen LogP contribution in [0.3, 0.4) is 0 Å². The third kappa shape index (κ3) is 4.36. The third-order valence-electron chi connectivity index (χ3n) is 5.08. The summed E-state index contributed by atoms with van der Waals surface area (Å²) < 4.78 is 1.82. The van der Waals surface area contributed by atoms with Gasteiger partial charge in [-0.15, -0.1) is 0 Å². The van der Waals surface area contributed by atoms with Crippen LogP contribution in [0.4, 0.5) is 11.5 Å². The van der Waals surface area contributed by atoms with E-state index in [0.717, 1.165) is 48.6 Å². The van der Waals surface area contributed by atoms with E-state index in [1.807, 2.05) is 42.2 Å². The standard InChI is InChI=1S/C21H24N6O/c1-16-2-3-20(23-12-16)26-10-6-18(7-11-26)21(28)25-19-13-24-27(15-19)14-17-4-8-22-9-5-17/h2-5,8-9,12-13,15,18H,6-7,10-11,14H2,1H3,(H,25,28). The smallest absolute Gasteiger partial charge is 0.227 e. The molecule has 1 N–H and O–H groups in total. The Hall–Kier alpha value is -3.22. The summed E-state index contributed by atoms with van der Waals surface area (Å²) in [5.74, 6) is 1.08. The van der Waals surface area contributed by atoms with E-state index < -0.39 is 0 Å². The van der Waals surface area contributed by atoms with E-state index in [2.05, 4.69) is 31.3 Å². The summed E-state index contributed by atoms with van der Waals surface area (Å²) in [6.45, 7) is 4.37. The zero-order valence-electron chi connectivity index (χ0n) is 16.0. The Balaban J connectivity index is 1.29. The van der Waals surface area contributed by atoms with Crippen LogP contribution >= 0.6 is 0 Å². The minimum Gasteiger partial charge on any atom is -0.357 e. The molecule has 3 aromatic rings. The molecule has 1 saturated heterocycles. The highest BCUT2D eigenvalue weighted by atomic mass is 16.1. The van der Waals surface area contributed by atoms with Gasteiger partial charge in [-0.25, -0.2) is 4.98 Å². The van der Waals surface area contributed by atoms with Crippen molar-refractivity contribution < 1.29 is 4.79 Å². The summed E-state index contributed by atoms with van der Waals surface area (Å²) in [6.07, 6.45) is 10.6. The number of nitrogens with zero attached hydrogens (tertiary/aromatic N) is 5. The molecule has 4 heterocycles. The van der Waals surface area contributed by atoms with Gasteiger partial charge in [0, 0.05) is 43.8 Å². The number of hydrogen-bond acceptors (Lipinski definition) is 5. The fourth-order valence-electron chi connectivity index (χ4n) is 3.45. The van der Waals surface area contributed by atoms with Crippen LogP contribution in [0.2, 0.25) is 0 Å². The predicted octanol–water partition coefficient (Wildman–Crippen LogP) is 2.88. The number of hydrogen-bond donors (Lipinski definition) is 1. The topological polar surface area (TPSA) is 75.9 Å². The fourth-order valence-corrected chi connectivity index (χ4v) is 3.45. The molecule has 0 unspecified atom stereocenters. The first kappa shape index (κ1) is 18.2. The predicted molar refractivity (Wildman–Crippen MR) is 108 cm³/mol. The highest BCUT2D eigenvalue weighted by Gasteiger charge is 2.25. The second-order valence-electron chi connectivity index (χ2n) is 7.23. The molecule has 0 radical (unpaired) electrons. The maximum absolute atomic E-state index is 12.6. The highest BCUT2D eigenvalue weighted by molar-refractivity contribution is 5.92. The number of carbonyl (C=O) groups excluding carboxylic acids is 1. The van der Waals surface area contributed by atoms with Crippen LogP contribution in [0.15, 0.2) is 55.2 Å². The highest BCUT2D eigenvalue weighted by Crippen LogP contribution is 2.23. The van der Waals surface area contributed by atoms with Gasteiger partial charge in [-0.1, -0.05) is 6.07 Å². The molecule has 0 atom stereocenters. The molecule has 1 amide bonds. The monoisotopic (exact) mass is 376 g/mol. The molecule has 0 spiro atoms. The van der Waals surface area contributed by atoms with Gasteiger partial charge in [0.25, 0.3) is 0 Å². The van der Waals surface area contributed by atoms with E-state index in [4.69, 9.17) is 0 Å². The second kappa shape index (κ2) is 8.21. The van der Waals surface area contributed by atoms with Gasteiger partial charge in [0.2, 0.25) is 5.91 Å². The fraction of sp³-hybridized carbons (Fsp3) is 0.333. The Morgan fingerprint density at radius 2 is 1.93 bits per heavy atom. The van der Waals surface area contributed by atoms with Crippen molar-refractivity contribution in [3.8, 4) is 0 Å². The van der Waals surface area contributed by atoms with E-state index >= 15 is 0 Å². The quantitative estimate of drug-likeness (QED) is 0.741. The van der Waals surface area contributed by atoms with Gasteiger partial charge < -0.3 is 10.2 Å². The molecule has 0 bridgehead atoms. The van der Waals surface area contributed by atoms with E-state index in [-0.39, 0.29) is 11.8 Å². The van der Waals surface area contributed by atoms with Crippen molar-refractivity contribution in [1.82, 2.24) is 19.7 Å². The average Bonchev–Trinajstić information content (AvgIpc) is 3.16. The third-order valence-corrected chi connectivity index (χ3v) is 5.08. The first-order chi connectivity index (χ1) is 13.7. The Morgan fingerprint density at radius 3 is 2.64 bits per heavy atom. The van der Waals surface area contributed by atoms with E-state index in [1.165, 1.54) is 0 Å². The molecular formula is C21H24N6O. The molecule has 7 nitrogen and oxygen atoms in total. The lowest BCUT2D eigenvalue weighted by atomic mass is 9.96. The molecule has 144 valence electrons. The number of amides is 1. The van der Waals surface area contributed by atoms with Crippen LogP contribution in [0.5, 0.6) is 0 Å². The van der Waals surface area contributed by atoms with Crippen LogP contribution in [-0.4, -0.2) is 38.7 Å². The largest absolute Gasteiger partial charge is 0.357 e. The number of piperidine rings is 1. The zero-order valence-corrected chi connectivity index (χ0v) is 16.0. The molecule has 0 saturated carbocycles. The average molecular weight is 376 g/mol. The Bertz CT molecular complexity index is 914. The molecule has 28 heavy (non-hydrogen) atoms. The summed E-state index contributed by atoms with van der Waals surface area (Å²) in [5, 5.41) is 7.34. The van der Waals surface area contributed by atoms with Crippen molar-refractivity contribution in [2.24, 2.45) is 5.92 Å². The summed E-state index contributed by atoms with van der Waals surface area (Å²) in [7, 11) is 0. The minimum absolute atomic E-state index is 0.0187. The summed E-state index contributed by atoms with van der Waals surface area (Å²) in [5.41, 5.74) is 3.01. The number of nitrogens with one attached hydrogen (secondary N) is 1. The molecule has 7 heteroatoms. The number of anilines is 2. The van der Waals surface area contributed by atoms with Crippen LogP contribution in [0, 0.1) is 12.8 Å². The van der Waals surface area contributed by atoms with E-state index in [0.29, 0.717) is 6.54 Å². The van der Waals surface area contributed by atoms with E-state index in [1.54, 1.807) is 18.6 Å². The van der Waals surface area contributed by atoms with Crippen molar-refractivity contribution in [2.75, 3.05) is 23.3 Å². The van der Waals surface area contributed by atoms with Gasteiger partial charge in [-0.3, -0.25) is 14.5 Å². The van der Waals surface area contributed by atoms with Gasteiger partial charge in [0.1, 0.15) is 5.82 Å². The molecule has 3 aromatic heterocycles. The molecular weight excluding hydrogens is 352 g/mol. The Labute approximate surface area is 164 Å². The minimum atomic E-state index is 0.0187. The number of rotatable bonds is 5. The number of pyridine rings is 2. The normalized spacial score (nSPS) is 14.8. The lowest BCUT2D eigenvalue weighted by Gasteiger charge is -2.32. The molecule has 1 aliphatic heterocycles. The summed E-state index contributed by atoms with van der Waals surface area (Å²) >= 11 is 0. The van der Waals surface area contributed by atoms with Gasteiger partial charge >= 0.3 is 0 Å². The molecule has 0 aromatic carbocycles. The van der Waals surface area contributed by atoms with Crippen molar-refractivity contribution in [1.29, 1.82) is 0 Å². The number of aryl methyl sites for hydroxylation is 1. The van der Waals surface area contributed by atoms with Crippen molar-refractivity contribution in [3.63, 3.8) is 0 Å². The molecule has 0 aliphatic carbocycles. The lowest BCUT2D eigenvalue weighted by Crippen LogP contribution is -2.38. The number of aromatic nitrogens is 4. The molecule has 1 fully saturated rings. The van der Waals surface area contributed by atoms with Crippen LogP contribution in [-0.2, 0) is 11.3 Å². The Morgan fingerprint density at radius 1 is 1.14 bits per heavy atom. The van der Waals surface area contributed by atoms with Gasteiger partial charge in [0.05, 0.1) is 18.4 Å². The maximum Gasteiger partial charge on any atom is 0.227 e. The number of carbonyl (C=O) groups is 1. The van der Waals surface area contributed by atoms with Crippen LogP contribution < -0.4 is 10.2 Å². The second-order valence-corrected chi connectivity index (χ2v) is 7.23. The SMILES string of the molecule is Cc1ccc(N2CCC(C(=O)Nc3cnn(Cc4ccncc4)c3)CC2)nc1. The maximum atomic E-state index is 12.6. The summed E-state index contributed by atoms with van der Waals surface area (Å²) in [4.78, 5) is 23.4. The van der Waals surface area contributed by atoms with Gasteiger partial charge in [0.15, 0.2) is 0 Å². The summed E-state index contributed by atoms with van der Waals surface area (Å²) in [6, 6.07) is 8.03. The lowest BCUT2D eigenvalue weighted by molar-refractivity contribution is -0.120. The van der Waals surface area contributed by atoms with Gasteiger partial charge in [-0.2, -0.15) is 5.10 Å². The molecule has 4 rings (SSSR count). The van der Waals surface area contributed by atoms with Crippen LogP contribution in [0.25, 0.3) is 0 Å². The first-order valence-corrected chi connectivity index (χ1v) is 9.57. The van der Waals surface area contributed by atoms with Crippen molar-refractivity contribution >= 4 is 17.4 Å².